The average molecular weight is 612 g/mol. The first-order valence-electron chi connectivity index (χ1n) is 12.9. The van der Waals surface area contributed by atoms with E-state index in [1.54, 1.807) is 49.6 Å². The second kappa shape index (κ2) is 14.8. The van der Waals surface area contributed by atoms with Crippen LogP contribution in [0.2, 0.25) is 15.1 Å². The maximum atomic E-state index is 13.8. The summed E-state index contributed by atoms with van der Waals surface area (Å²) in [5, 5.41) is 4.29. The lowest BCUT2D eigenvalue weighted by atomic mass is 10.0. The smallest absolute Gasteiger partial charge is 0.261 e. The number of carbonyl (C=O) groups is 2. The highest BCUT2D eigenvalue weighted by atomic mass is 35.5. The Bertz CT molecular complexity index is 1470. The molecule has 0 aliphatic heterocycles. The van der Waals surface area contributed by atoms with E-state index >= 15 is 0 Å². The molecule has 0 aliphatic carbocycles. The number of benzene rings is 4. The molecule has 4 rings (SSSR count). The molecule has 0 aliphatic rings. The normalized spacial score (nSPS) is 11.4. The highest BCUT2D eigenvalue weighted by molar-refractivity contribution is 6.35. The number of para-hydroxylation sites is 1. The van der Waals surface area contributed by atoms with Gasteiger partial charge < -0.3 is 19.7 Å². The van der Waals surface area contributed by atoms with E-state index < -0.39 is 6.04 Å². The summed E-state index contributed by atoms with van der Waals surface area (Å²) in [5.74, 6) is 0.362. The van der Waals surface area contributed by atoms with Crippen LogP contribution in [0.25, 0.3) is 0 Å². The summed E-state index contributed by atoms with van der Waals surface area (Å²) in [5.41, 5.74) is 2.43. The van der Waals surface area contributed by atoms with Gasteiger partial charge in [0.15, 0.2) is 6.61 Å². The summed E-state index contributed by atoms with van der Waals surface area (Å²) in [6, 6.07) is 28.0. The summed E-state index contributed by atoms with van der Waals surface area (Å²) in [6.07, 6.45) is 0.287. The fourth-order valence-electron chi connectivity index (χ4n) is 4.23. The molecule has 0 saturated heterocycles. The van der Waals surface area contributed by atoms with Gasteiger partial charge in [0, 0.05) is 29.6 Å². The molecule has 6 nitrogen and oxygen atoms in total. The molecular formula is C32H29Cl3N2O4. The second-order valence-corrected chi connectivity index (χ2v) is 10.5. The fraction of sp³-hybridized carbons (Fsp3) is 0.188. The first kappa shape index (κ1) is 30.3. The van der Waals surface area contributed by atoms with Gasteiger partial charge in [-0.3, -0.25) is 9.59 Å². The maximum Gasteiger partial charge on any atom is 0.261 e. The summed E-state index contributed by atoms with van der Waals surface area (Å²) in [4.78, 5) is 29.1. The van der Waals surface area contributed by atoms with Gasteiger partial charge in [0.1, 0.15) is 17.5 Å². The van der Waals surface area contributed by atoms with Crippen LogP contribution in [0.15, 0.2) is 97.1 Å². The maximum absolute atomic E-state index is 13.8. The standard InChI is InChI=1S/C32H29Cl3N2O4/c1-40-26-15-11-23(12-16-26)20-37(31(38)21-41-30-10-6-5-9-27(30)34)29(17-22-7-3-2-4-8-22)32(39)36-19-24-13-14-25(33)18-28(24)35/h2-16,18,29H,17,19-21H2,1H3,(H,36,39). The largest absolute Gasteiger partial charge is 0.497 e. The number of halogens is 3. The number of rotatable bonds is 12. The number of hydrogen-bond acceptors (Lipinski definition) is 4. The van der Waals surface area contributed by atoms with Gasteiger partial charge in [0.25, 0.3) is 5.91 Å². The Morgan fingerprint density at radius 2 is 1.54 bits per heavy atom. The Morgan fingerprint density at radius 3 is 2.22 bits per heavy atom. The molecule has 212 valence electrons. The molecule has 1 atom stereocenters. The molecule has 41 heavy (non-hydrogen) atoms. The Morgan fingerprint density at radius 1 is 0.829 bits per heavy atom. The van der Waals surface area contributed by atoms with Crippen molar-refractivity contribution in [1.82, 2.24) is 10.2 Å². The SMILES string of the molecule is COc1ccc(CN(C(=O)COc2ccccc2Cl)C(Cc2ccccc2)C(=O)NCc2ccc(Cl)cc2Cl)cc1. The van der Waals surface area contributed by atoms with E-state index in [1.165, 1.54) is 4.90 Å². The van der Waals surface area contributed by atoms with Gasteiger partial charge in [-0.05, 0) is 53.1 Å². The molecule has 9 heteroatoms. The van der Waals surface area contributed by atoms with Crippen molar-refractivity contribution in [3.8, 4) is 11.5 Å². The lowest BCUT2D eigenvalue weighted by Gasteiger charge is -2.31. The summed E-state index contributed by atoms with van der Waals surface area (Å²) >= 11 is 18.6. The van der Waals surface area contributed by atoms with E-state index in [2.05, 4.69) is 5.32 Å². The number of amides is 2. The van der Waals surface area contributed by atoms with Crippen molar-refractivity contribution in [2.45, 2.75) is 25.6 Å². The minimum Gasteiger partial charge on any atom is -0.497 e. The molecule has 2 amide bonds. The quantitative estimate of drug-likeness (QED) is 0.188. The van der Waals surface area contributed by atoms with Crippen LogP contribution in [0.3, 0.4) is 0 Å². The summed E-state index contributed by atoms with van der Waals surface area (Å²) < 4.78 is 11.1. The Labute approximate surface area is 254 Å². The molecule has 0 bridgehead atoms. The molecular weight excluding hydrogens is 583 g/mol. The zero-order valence-corrected chi connectivity index (χ0v) is 24.6. The molecule has 0 saturated carbocycles. The van der Waals surface area contributed by atoms with Gasteiger partial charge in [-0.1, -0.05) is 95.5 Å². The van der Waals surface area contributed by atoms with Crippen LogP contribution >= 0.6 is 34.8 Å². The summed E-state index contributed by atoms with van der Waals surface area (Å²) in [6.45, 7) is 0.0314. The van der Waals surface area contributed by atoms with Crippen molar-refractivity contribution >= 4 is 46.6 Å². The number of hydrogen-bond donors (Lipinski definition) is 1. The average Bonchev–Trinajstić information content (AvgIpc) is 2.98. The lowest BCUT2D eigenvalue weighted by molar-refractivity contribution is -0.142. The van der Waals surface area contributed by atoms with Gasteiger partial charge in [-0.2, -0.15) is 0 Å². The van der Waals surface area contributed by atoms with E-state index in [0.29, 0.717) is 32.1 Å². The van der Waals surface area contributed by atoms with Crippen molar-refractivity contribution < 1.29 is 19.1 Å². The van der Waals surface area contributed by atoms with Crippen LogP contribution in [0.1, 0.15) is 16.7 Å². The Balaban J connectivity index is 1.63. The molecule has 4 aromatic rings. The Hall–Kier alpha value is -3.71. The van der Waals surface area contributed by atoms with Crippen LogP contribution in [0.4, 0.5) is 0 Å². The van der Waals surface area contributed by atoms with Crippen LogP contribution in [-0.4, -0.2) is 36.5 Å². The molecule has 0 aromatic heterocycles. The molecule has 0 radical (unpaired) electrons. The third-order valence-electron chi connectivity index (χ3n) is 6.44. The third kappa shape index (κ3) is 8.64. The van der Waals surface area contributed by atoms with E-state index in [1.807, 2.05) is 54.6 Å². The van der Waals surface area contributed by atoms with Crippen LogP contribution in [0, 0.1) is 0 Å². The zero-order valence-electron chi connectivity index (χ0n) is 22.4. The van der Waals surface area contributed by atoms with E-state index in [4.69, 9.17) is 44.3 Å². The number of ether oxygens (including phenoxy) is 2. The number of nitrogens with zero attached hydrogens (tertiary/aromatic N) is 1. The lowest BCUT2D eigenvalue weighted by Crippen LogP contribution is -2.51. The first-order chi connectivity index (χ1) is 19.8. The molecule has 1 N–H and O–H groups in total. The van der Waals surface area contributed by atoms with E-state index in [-0.39, 0.29) is 37.9 Å². The first-order valence-corrected chi connectivity index (χ1v) is 14.0. The predicted octanol–water partition coefficient (Wildman–Crippen LogP) is 6.99. The van der Waals surface area contributed by atoms with Crippen LogP contribution in [0.5, 0.6) is 11.5 Å². The van der Waals surface area contributed by atoms with Gasteiger partial charge >= 0.3 is 0 Å². The van der Waals surface area contributed by atoms with Crippen LogP contribution < -0.4 is 14.8 Å². The molecule has 1 unspecified atom stereocenters. The van der Waals surface area contributed by atoms with Crippen molar-refractivity contribution in [3.63, 3.8) is 0 Å². The molecule has 0 spiro atoms. The minimum atomic E-state index is -0.854. The highest BCUT2D eigenvalue weighted by Crippen LogP contribution is 2.24. The van der Waals surface area contributed by atoms with Gasteiger partial charge in [0.2, 0.25) is 5.91 Å². The van der Waals surface area contributed by atoms with Crippen molar-refractivity contribution in [2.24, 2.45) is 0 Å². The highest BCUT2D eigenvalue weighted by Gasteiger charge is 2.31. The number of carbonyl (C=O) groups excluding carboxylic acids is 2. The predicted molar refractivity (Wildman–Crippen MR) is 163 cm³/mol. The van der Waals surface area contributed by atoms with E-state index in [0.717, 1.165) is 11.1 Å². The third-order valence-corrected chi connectivity index (χ3v) is 7.34. The Kier molecular flexibility index (Phi) is 10.9. The van der Waals surface area contributed by atoms with Gasteiger partial charge in [0.05, 0.1) is 12.1 Å². The monoisotopic (exact) mass is 610 g/mol. The van der Waals surface area contributed by atoms with E-state index in [9.17, 15) is 9.59 Å². The number of nitrogens with one attached hydrogen (secondary N) is 1. The molecule has 4 aromatic carbocycles. The van der Waals surface area contributed by atoms with Gasteiger partial charge in [-0.25, -0.2) is 0 Å². The fourth-order valence-corrected chi connectivity index (χ4v) is 4.90. The second-order valence-electron chi connectivity index (χ2n) is 9.25. The van der Waals surface area contributed by atoms with Gasteiger partial charge in [-0.15, -0.1) is 0 Å². The van der Waals surface area contributed by atoms with Crippen LogP contribution in [-0.2, 0) is 29.1 Å². The minimum absolute atomic E-state index is 0.167. The zero-order chi connectivity index (χ0) is 29.2. The van der Waals surface area contributed by atoms with Crippen molar-refractivity contribution in [3.05, 3.63) is 129 Å². The topological polar surface area (TPSA) is 67.9 Å². The summed E-state index contributed by atoms with van der Waals surface area (Å²) in [7, 11) is 1.59. The van der Waals surface area contributed by atoms with Crippen molar-refractivity contribution in [2.75, 3.05) is 13.7 Å². The molecule has 0 fully saturated rings. The molecule has 0 heterocycles. The van der Waals surface area contributed by atoms with Crippen molar-refractivity contribution in [1.29, 1.82) is 0 Å². The number of methoxy groups -OCH3 is 1.